The van der Waals surface area contributed by atoms with Crippen LogP contribution in [0.1, 0.15) is 22.8 Å². The fraction of sp³-hybridized carbons (Fsp3) is 0.278. The summed E-state index contributed by atoms with van der Waals surface area (Å²) < 4.78 is 37.5. The summed E-state index contributed by atoms with van der Waals surface area (Å²) in [5.74, 6) is -1.31. The minimum Gasteiger partial charge on any atom is -0.489 e. The van der Waals surface area contributed by atoms with Gasteiger partial charge in [-0.15, -0.1) is 0 Å². The van der Waals surface area contributed by atoms with E-state index < -0.39 is 11.7 Å². The van der Waals surface area contributed by atoms with E-state index in [1.165, 1.54) is 31.4 Å². The smallest absolute Gasteiger partial charge is 0.254 e. The quantitative estimate of drug-likeness (QED) is 0.844. The van der Waals surface area contributed by atoms with E-state index in [0.717, 1.165) is 6.07 Å². The number of hydrogen-bond donors (Lipinski definition) is 1. The molecule has 0 aliphatic carbocycles. The highest BCUT2D eigenvalue weighted by molar-refractivity contribution is 5.94. The monoisotopic (exact) mass is 335 g/mol. The summed E-state index contributed by atoms with van der Waals surface area (Å²) in [6.07, 6.45) is 0. The van der Waals surface area contributed by atoms with E-state index in [2.05, 4.69) is 5.32 Å². The Balaban J connectivity index is 2.00. The molecule has 1 amide bonds. The zero-order chi connectivity index (χ0) is 17.5. The SMILES string of the molecule is COCC(C)NC(=O)c1ccc(OCc2cccc(F)c2)cc1F. The predicted molar refractivity (Wildman–Crippen MR) is 85.9 cm³/mol. The Labute approximate surface area is 139 Å². The average molecular weight is 335 g/mol. The Kier molecular flexibility index (Phi) is 6.26. The molecule has 1 atom stereocenters. The van der Waals surface area contributed by atoms with Crippen LogP contribution >= 0.6 is 0 Å². The molecular formula is C18H19F2NO3. The number of carbonyl (C=O) groups is 1. The van der Waals surface area contributed by atoms with Gasteiger partial charge in [-0.25, -0.2) is 8.78 Å². The van der Waals surface area contributed by atoms with Crippen LogP contribution in [0.25, 0.3) is 0 Å². The zero-order valence-electron chi connectivity index (χ0n) is 13.5. The summed E-state index contributed by atoms with van der Waals surface area (Å²) in [6.45, 7) is 2.20. The van der Waals surface area contributed by atoms with Crippen LogP contribution in [-0.2, 0) is 11.3 Å². The van der Waals surface area contributed by atoms with Gasteiger partial charge in [0, 0.05) is 19.2 Å². The summed E-state index contributed by atoms with van der Waals surface area (Å²) in [5.41, 5.74) is 0.557. The van der Waals surface area contributed by atoms with Gasteiger partial charge in [0.25, 0.3) is 5.91 Å². The maximum atomic E-state index is 14.1. The molecule has 4 nitrogen and oxygen atoms in total. The van der Waals surface area contributed by atoms with E-state index in [9.17, 15) is 13.6 Å². The van der Waals surface area contributed by atoms with Crippen molar-refractivity contribution >= 4 is 5.91 Å². The average Bonchev–Trinajstić information content (AvgIpc) is 2.53. The highest BCUT2D eigenvalue weighted by Crippen LogP contribution is 2.18. The van der Waals surface area contributed by atoms with E-state index in [1.807, 2.05) is 0 Å². The van der Waals surface area contributed by atoms with Gasteiger partial charge < -0.3 is 14.8 Å². The third-order valence-electron chi connectivity index (χ3n) is 3.27. The van der Waals surface area contributed by atoms with Crippen molar-refractivity contribution in [2.45, 2.75) is 19.6 Å². The molecule has 2 aromatic rings. The highest BCUT2D eigenvalue weighted by atomic mass is 19.1. The molecule has 6 heteroatoms. The molecule has 0 bridgehead atoms. The van der Waals surface area contributed by atoms with E-state index in [1.54, 1.807) is 19.1 Å². The largest absolute Gasteiger partial charge is 0.489 e. The molecule has 2 aromatic carbocycles. The van der Waals surface area contributed by atoms with Crippen molar-refractivity contribution in [3.05, 3.63) is 65.2 Å². The number of methoxy groups -OCH3 is 1. The third-order valence-corrected chi connectivity index (χ3v) is 3.27. The maximum Gasteiger partial charge on any atom is 0.254 e. The second-order valence-corrected chi connectivity index (χ2v) is 5.39. The van der Waals surface area contributed by atoms with Gasteiger partial charge in [0.2, 0.25) is 0 Å². The van der Waals surface area contributed by atoms with E-state index in [0.29, 0.717) is 12.2 Å². The standard InChI is InChI=1S/C18H19F2NO3/c1-12(10-23-2)21-18(22)16-7-6-15(9-17(16)20)24-11-13-4-3-5-14(19)8-13/h3-9,12H,10-11H2,1-2H3,(H,21,22). The number of nitrogens with one attached hydrogen (secondary N) is 1. The molecule has 24 heavy (non-hydrogen) atoms. The number of amides is 1. The van der Waals surface area contributed by atoms with Crippen LogP contribution in [0.2, 0.25) is 0 Å². The van der Waals surface area contributed by atoms with Gasteiger partial charge in [0.05, 0.1) is 12.2 Å². The summed E-state index contributed by atoms with van der Waals surface area (Å²) >= 11 is 0. The first-order valence-electron chi connectivity index (χ1n) is 7.46. The Morgan fingerprint density at radius 1 is 1.21 bits per heavy atom. The minimum absolute atomic E-state index is 0.0731. The van der Waals surface area contributed by atoms with E-state index in [4.69, 9.17) is 9.47 Å². The molecule has 0 heterocycles. The summed E-state index contributed by atoms with van der Waals surface area (Å²) in [6, 6.07) is 9.71. The zero-order valence-corrected chi connectivity index (χ0v) is 13.5. The second-order valence-electron chi connectivity index (χ2n) is 5.39. The van der Waals surface area contributed by atoms with Gasteiger partial charge in [0.15, 0.2) is 0 Å². The fourth-order valence-electron chi connectivity index (χ4n) is 2.16. The normalized spacial score (nSPS) is 11.8. The number of benzene rings is 2. The van der Waals surface area contributed by atoms with Gasteiger partial charge in [-0.1, -0.05) is 12.1 Å². The molecule has 0 aliphatic rings. The van der Waals surface area contributed by atoms with E-state index in [-0.39, 0.29) is 29.8 Å². The van der Waals surface area contributed by atoms with Crippen molar-refractivity contribution in [1.82, 2.24) is 5.32 Å². The molecule has 0 radical (unpaired) electrons. The Morgan fingerprint density at radius 3 is 2.67 bits per heavy atom. The van der Waals surface area contributed by atoms with Crippen LogP contribution in [0.4, 0.5) is 8.78 Å². The lowest BCUT2D eigenvalue weighted by atomic mass is 10.1. The van der Waals surface area contributed by atoms with E-state index >= 15 is 0 Å². The molecule has 0 fully saturated rings. The molecule has 0 aliphatic heterocycles. The maximum absolute atomic E-state index is 14.1. The Hall–Kier alpha value is -2.47. The van der Waals surface area contributed by atoms with Crippen molar-refractivity contribution in [1.29, 1.82) is 0 Å². The highest BCUT2D eigenvalue weighted by Gasteiger charge is 2.15. The lowest BCUT2D eigenvalue weighted by Gasteiger charge is -2.13. The number of halogens is 2. The molecule has 2 rings (SSSR count). The van der Waals surface area contributed by atoms with Crippen LogP contribution in [-0.4, -0.2) is 25.7 Å². The van der Waals surface area contributed by atoms with Crippen LogP contribution in [0, 0.1) is 11.6 Å². The van der Waals surface area contributed by atoms with Crippen molar-refractivity contribution in [3.63, 3.8) is 0 Å². The Morgan fingerprint density at radius 2 is 2.00 bits per heavy atom. The minimum atomic E-state index is -0.686. The predicted octanol–water partition coefficient (Wildman–Crippen LogP) is 3.31. The molecule has 0 aromatic heterocycles. The van der Waals surface area contributed by atoms with Gasteiger partial charge in [0.1, 0.15) is 24.0 Å². The van der Waals surface area contributed by atoms with Crippen LogP contribution in [0.3, 0.4) is 0 Å². The summed E-state index contributed by atoms with van der Waals surface area (Å²) in [4.78, 5) is 12.0. The first-order chi connectivity index (χ1) is 11.5. The third kappa shape index (κ3) is 5.03. The van der Waals surface area contributed by atoms with Crippen LogP contribution in [0.5, 0.6) is 5.75 Å². The molecule has 1 unspecified atom stereocenters. The molecule has 0 saturated heterocycles. The molecule has 1 N–H and O–H groups in total. The van der Waals surface area contributed by atoms with Crippen molar-refractivity contribution < 1.29 is 23.0 Å². The number of carbonyl (C=O) groups excluding carboxylic acids is 1. The fourth-order valence-corrected chi connectivity index (χ4v) is 2.16. The molecular weight excluding hydrogens is 316 g/mol. The second kappa shape index (κ2) is 8.40. The van der Waals surface area contributed by atoms with Gasteiger partial charge in [-0.2, -0.15) is 0 Å². The van der Waals surface area contributed by atoms with Gasteiger partial charge in [-0.05, 0) is 36.8 Å². The van der Waals surface area contributed by atoms with Gasteiger partial charge >= 0.3 is 0 Å². The number of hydrogen-bond acceptors (Lipinski definition) is 3. The first kappa shape index (κ1) is 17.9. The summed E-state index contributed by atoms with van der Waals surface area (Å²) in [7, 11) is 1.52. The number of rotatable bonds is 7. The topological polar surface area (TPSA) is 47.6 Å². The number of ether oxygens (including phenoxy) is 2. The molecule has 0 saturated carbocycles. The molecule has 0 spiro atoms. The van der Waals surface area contributed by atoms with Crippen LogP contribution in [0.15, 0.2) is 42.5 Å². The Bertz CT molecular complexity index is 706. The van der Waals surface area contributed by atoms with Crippen molar-refractivity contribution in [3.8, 4) is 5.75 Å². The van der Waals surface area contributed by atoms with Crippen molar-refractivity contribution in [2.24, 2.45) is 0 Å². The summed E-state index contributed by atoms with van der Waals surface area (Å²) in [5, 5.41) is 2.64. The lowest BCUT2D eigenvalue weighted by Crippen LogP contribution is -2.36. The van der Waals surface area contributed by atoms with Crippen LogP contribution < -0.4 is 10.1 Å². The van der Waals surface area contributed by atoms with Crippen molar-refractivity contribution in [2.75, 3.05) is 13.7 Å². The lowest BCUT2D eigenvalue weighted by molar-refractivity contribution is 0.0901. The van der Waals surface area contributed by atoms with Gasteiger partial charge in [-0.3, -0.25) is 4.79 Å². The first-order valence-corrected chi connectivity index (χ1v) is 7.46. The molecule has 128 valence electrons.